The fourth-order valence-corrected chi connectivity index (χ4v) is 3.78. The van der Waals surface area contributed by atoms with E-state index in [1.165, 1.54) is 4.90 Å². The van der Waals surface area contributed by atoms with Gasteiger partial charge in [-0.25, -0.2) is 4.79 Å². The molecule has 2 N–H and O–H groups in total. The van der Waals surface area contributed by atoms with Crippen molar-refractivity contribution in [2.45, 2.75) is 73.1 Å². The van der Waals surface area contributed by atoms with E-state index in [0.717, 1.165) is 33.5 Å². The molecule has 2 aromatic rings. The van der Waals surface area contributed by atoms with E-state index in [9.17, 15) is 14.4 Å². The number of nitrogens with one attached hydrogen (secondary N) is 2. The van der Waals surface area contributed by atoms with Crippen LogP contribution in [-0.4, -0.2) is 41.5 Å². The van der Waals surface area contributed by atoms with Crippen molar-refractivity contribution >= 4 is 23.6 Å². The number of nitrogens with zero attached hydrogens (tertiary/aromatic N) is 1. The van der Waals surface area contributed by atoms with Crippen molar-refractivity contribution in [3.05, 3.63) is 64.2 Å². The fraction of sp³-hybridized carbons (Fsp3) is 0.444. The van der Waals surface area contributed by atoms with E-state index < -0.39 is 29.7 Å². The van der Waals surface area contributed by atoms with E-state index in [4.69, 9.17) is 4.74 Å². The number of hydrogen-bond acceptors (Lipinski definition) is 4. The van der Waals surface area contributed by atoms with Gasteiger partial charge >= 0.3 is 6.09 Å². The van der Waals surface area contributed by atoms with Crippen LogP contribution in [-0.2, 0) is 14.3 Å². The van der Waals surface area contributed by atoms with E-state index in [-0.39, 0.29) is 5.91 Å². The number of likely N-dealkylation sites (N-methyl/N-ethyl adjacent to an activating group) is 1. The Hall–Kier alpha value is -3.35. The Morgan fingerprint density at radius 1 is 0.912 bits per heavy atom. The number of alkyl carbamates (subject to hydrolysis) is 1. The Morgan fingerprint density at radius 2 is 1.44 bits per heavy atom. The van der Waals surface area contributed by atoms with Gasteiger partial charge in [0.2, 0.25) is 5.91 Å². The second-order valence-corrected chi connectivity index (χ2v) is 9.76. The van der Waals surface area contributed by atoms with Crippen LogP contribution < -0.4 is 10.6 Å². The van der Waals surface area contributed by atoms with Crippen LogP contribution in [0.4, 0.5) is 10.5 Å². The first-order valence-corrected chi connectivity index (χ1v) is 11.4. The SMILES string of the molecule is Cc1cccc(C(C(=O)Nc2c(C)cccc2C)N(C)C(=O)C(C)NC(=O)OC(C)(C)C)c1C. The second kappa shape index (κ2) is 10.7. The maximum atomic E-state index is 13.6. The summed E-state index contributed by atoms with van der Waals surface area (Å²) < 4.78 is 5.27. The number of aryl methyl sites for hydroxylation is 3. The van der Waals surface area contributed by atoms with E-state index in [1.807, 2.05) is 64.1 Å². The van der Waals surface area contributed by atoms with Gasteiger partial charge in [-0.15, -0.1) is 0 Å². The van der Waals surface area contributed by atoms with Gasteiger partial charge in [0.1, 0.15) is 17.7 Å². The molecule has 2 atom stereocenters. The molecule has 2 aromatic carbocycles. The van der Waals surface area contributed by atoms with Crippen molar-refractivity contribution in [1.29, 1.82) is 0 Å². The van der Waals surface area contributed by atoms with Crippen molar-refractivity contribution in [3.8, 4) is 0 Å². The van der Waals surface area contributed by atoms with Gasteiger partial charge < -0.3 is 20.3 Å². The number of rotatable bonds is 6. The first-order chi connectivity index (χ1) is 15.7. The zero-order chi connectivity index (χ0) is 25.8. The summed E-state index contributed by atoms with van der Waals surface area (Å²) in [6.07, 6.45) is -0.690. The van der Waals surface area contributed by atoms with Crippen molar-refractivity contribution in [2.75, 3.05) is 12.4 Å². The predicted octanol–water partition coefficient (Wildman–Crippen LogP) is 4.97. The third-order valence-electron chi connectivity index (χ3n) is 5.76. The topological polar surface area (TPSA) is 87.7 Å². The zero-order valence-electron chi connectivity index (χ0n) is 21.7. The summed E-state index contributed by atoms with van der Waals surface area (Å²) >= 11 is 0. The van der Waals surface area contributed by atoms with Gasteiger partial charge in [-0.3, -0.25) is 9.59 Å². The molecule has 0 bridgehead atoms. The summed E-state index contributed by atoms with van der Waals surface area (Å²) in [5.74, 6) is -0.736. The number of benzene rings is 2. The van der Waals surface area contributed by atoms with Crippen LogP contribution in [0.5, 0.6) is 0 Å². The van der Waals surface area contributed by atoms with Crippen LogP contribution >= 0.6 is 0 Å². The van der Waals surface area contributed by atoms with Crippen LogP contribution in [0.1, 0.15) is 61.6 Å². The second-order valence-electron chi connectivity index (χ2n) is 9.76. The van der Waals surface area contributed by atoms with Gasteiger partial charge in [0.25, 0.3) is 5.91 Å². The lowest BCUT2D eigenvalue weighted by Gasteiger charge is -2.32. The molecule has 0 saturated carbocycles. The van der Waals surface area contributed by atoms with Gasteiger partial charge in [0, 0.05) is 12.7 Å². The zero-order valence-corrected chi connectivity index (χ0v) is 21.7. The fourth-order valence-electron chi connectivity index (χ4n) is 3.78. The number of ether oxygens (including phenoxy) is 1. The predicted molar refractivity (Wildman–Crippen MR) is 135 cm³/mol. The lowest BCUT2D eigenvalue weighted by Crippen LogP contribution is -2.49. The summed E-state index contributed by atoms with van der Waals surface area (Å²) in [6.45, 7) is 14.6. The minimum Gasteiger partial charge on any atom is -0.444 e. The molecule has 0 aliphatic heterocycles. The molecule has 0 aromatic heterocycles. The number of anilines is 1. The van der Waals surface area contributed by atoms with E-state index in [2.05, 4.69) is 10.6 Å². The van der Waals surface area contributed by atoms with E-state index >= 15 is 0 Å². The number of amides is 3. The minimum atomic E-state index is -0.894. The van der Waals surface area contributed by atoms with Crippen LogP contribution in [0.15, 0.2) is 36.4 Å². The molecular formula is C27H37N3O4. The molecule has 0 aliphatic carbocycles. The average Bonchev–Trinajstić information content (AvgIpc) is 2.72. The summed E-state index contributed by atoms with van der Waals surface area (Å²) in [6, 6.07) is 9.70. The molecule has 34 heavy (non-hydrogen) atoms. The Morgan fingerprint density at radius 3 is 2.00 bits per heavy atom. The normalized spacial score (nSPS) is 13.0. The standard InChI is InChI=1S/C27H37N3O4/c1-16-12-11-15-21(19(16)4)23(24(31)29-22-17(2)13-10-14-18(22)3)30(9)25(32)20(5)28-26(33)34-27(6,7)8/h10-15,20,23H,1-9H3,(H,28,33)(H,29,31). The molecule has 0 spiro atoms. The Bertz CT molecular complexity index is 1050. The van der Waals surface area contributed by atoms with Crippen LogP contribution in [0, 0.1) is 27.7 Å². The van der Waals surface area contributed by atoms with Crippen molar-refractivity contribution in [1.82, 2.24) is 10.2 Å². The number of carbonyl (C=O) groups is 3. The van der Waals surface area contributed by atoms with Crippen LogP contribution in [0.25, 0.3) is 0 Å². The molecule has 7 nitrogen and oxygen atoms in total. The summed E-state index contributed by atoms with van der Waals surface area (Å²) in [7, 11) is 1.58. The van der Waals surface area contributed by atoms with Crippen molar-refractivity contribution in [2.24, 2.45) is 0 Å². The molecule has 0 fully saturated rings. The van der Waals surface area contributed by atoms with Crippen LogP contribution in [0.2, 0.25) is 0 Å². The molecule has 0 radical (unpaired) electrons. The molecule has 0 heterocycles. The van der Waals surface area contributed by atoms with Gasteiger partial charge in [-0.2, -0.15) is 0 Å². The lowest BCUT2D eigenvalue weighted by molar-refractivity contribution is -0.138. The first-order valence-electron chi connectivity index (χ1n) is 11.4. The van der Waals surface area contributed by atoms with Gasteiger partial charge in [-0.1, -0.05) is 36.4 Å². The third kappa shape index (κ3) is 6.59. The Labute approximate surface area is 202 Å². The monoisotopic (exact) mass is 467 g/mol. The summed E-state index contributed by atoms with van der Waals surface area (Å²) in [4.78, 5) is 40.5. The highest BCUT2D eigenvalue weighted by Crippen LogP contribution is 2.29. The van der Waals surface area contributed by atoms with Gasteiger partial charge in [-0.05, 0) is 83.2 Å². The molecule has 2 rings (SSSR count). The van der Waals surface area contributed by atoms with Crippen molar-refractivity contribution in [3.63, 3.8) is 0 Å². The number of para-hydroxylation sites is 1. The quantitative estimate of drug-likeness (QED) is 0.628. The molecule has 0 aliphatic rings. The molecular weight excluding hydrogens is 430 g/mol. The third-order valence-corrected chi connectivity index (χ3v) is 5.76. The van der Waals surface area contributed by atoms with Gasteiger partial charge in [0.05, 0.1) is 0 Å². The molecule has 2 unspecified atom stereocenters. The first kappa shape index (κ1) is 26.9. The number of hydrogen-bond donors (Lipinski definition) is 2. The molecule has 184 valence electrons. The van der Waals surface area contributed by atoms with E-state index in [0.29, 0.717) is 0 Å². The average molecular weight is 468 g/mol. The lowest BCUT2D eigenvalue weighted by atomic mass is 9.95. The smallest absolute Gasteiger partial charge is 0.408 e. The summed E-state index contributed by atoms with van der Waals surface area (Å²) in [5, 5.41) is 5.60. The Balaban J connectivity index is 2.39. The number of carbonyl (C=O) groups excluding carboxylic acids is 3. The summed E-state index contributed by atoms with van der Waals surface area (Å²) in [5.41, 5.74) is 4.57. The minimum absolute atomic E-state index is 0.327. The maximum Gasteiger partial charge on any atom is 0.408 e. The van der Waals surface area contributed by atoms with Crippen molar-refractivity contribution < 1.29 is 19.1 Å². The molecule has 3 amide bonds. The van der Waals surface area contributed by atoms with E-state index in [1.54, 1.807) is 34.7 Å². The highest BCUT2D eigenvalue weighted by atomic mass is 16.6. The highest BCUT2D eigenvalue weighted by Gasteiger charge is 2.33. The Kier molecular flexibility index (Phi) is 8.48. The maximum absolute atomic E-state index is 13.6. The largest absolute Gasteiger partial charge is 0.444 e. The van der Waals surface area contributed by atoms with Gasteiger partial charge in [0.15, 0.2) is 0 Å². The van der Waals surface area contributed by atoms with Crippen LogP contribution in [0.3, 0.4) is 0 Å². The molecule has 7 heteroatoms. The highest BCUT2D eigenvalue weighted by molar-refractivity contribution is 6.00. The molecule has 0 saturated heterocycles.